The molecule has 1 aliphatic heterocycles. The Balaban J connectivity index is 1.44. The summed E-state index contributed by atoms with van der Waals surface area (Å²) < 4.78 is 11.9. The molecule has 5 nitrogen and oxygen atoms in total. The molecule has 2 aromatic carbocycles. The van der Waals surface area contributed by atoms with Crippen molar-refractivity contribution in [2.45, 2.75) is 51.3 Å². The van der Waals surface area contributed by atoms with Gasteiger partial charge >= 0.3 is 0 Å². The van der Waals surface area contributed by atoms with Crippen molar-refractivity contribution in [3.63, 3.8) is 0 Å². The molecule has 178 valence electrons. The van der Waals surface area contributed by atoms with Gasteiger partial charge in [0.1, 0.15) is 0 Å². The first-order valence-electron chi connectivity index (χ1n) is 11.6. The molecule has 0 spiro atoms. The SMILES string of the molecule is CCS(=O)c1ccc(CNC(=O)c2cnc3c(c2)CN(Cc2ccc(Cl)cc2)C3C(C)C)cc1. The third-order valence-corrected chi connectivity index (χ3v) is 7.72. The largest absolute Gasteiger partial charge is 0.348 e. The first kappa shape index (κ1) is 24.6. The molecule has 2 unspecified atom stereocenters. The Hall–Kier alpha value is -2.54. The van der Waals surface area contributed by atoms with Gasteiger partial charge in [-0.1, -0.05) is 56.6 Å². The highest BCUT2D eigenvalue weighted by Crippen LogP contribution is 2.38. The fourth-order valence-corrected chi connectivity index (χ4v) is 5.35. The van der Waals surface area contributed by atoms with Crippen molar-refractivity contribution in [1.82, 2.24) is 15.2 Å². The number of nitrogens with zero attached hydrogens (tertiary/aromatic N) is 2. The smallest absolute Gasteiger partial charge is 0.253 e. The monoisotopic (exact) mass is 495 g/mol. The Morgan fingerprint density at radius 3 is 2.47 bits per heavy atom. The van der Waals surface area contributed by atoms with Crippen LogP contribution in [0.15, 0.2) is 65.7 Å². The van der Waals surface area contributed by atoms with Gasteiger partial charge in [0, 0.05) is 41.5 Å². The highest BCUT2D eigenvalue weighted by Gasteiger charge is 2.34. The van der Waals surface area contributed by atoms with Gasteiger partial charge in [0.25, 0.3) is 5.91 Å². The summed E-state index contributed by atoms with van der Waals surface area (Å²) >= 11 is 6.04. The van der Waals surface area contributed by atoms with E-state index in [0.717, 1.165) is 39.8 Å². The molecule has 7 heteroatoms. The van der Waals surface area contributed by atoms with E-state index >= 15 is 0 Å². The number of pyridine rings is 1. The molecular weight excluding hydrogens is 466 g/mol. The van der Waals surface area contributed by atoms with Gasteiger partial charge in [0.15, 0.2) is 0 Å². The summed E-state index contributed by atoms with van der Waals surface area (Å²) in [5.41, 5.74) is 4.90. The van der Waals surface area contributed by atoms with E-state index in [1.54, 1.807) is 6.20 Å². The highest BCUT2D eigenvalue weighted by atomic mass is 35.5. The summed E-state index contributed by atoms with van der Waals surface area (Å²) in [6.45, 7) is 8.28. The van der Waals surface area contributed by atoms with Gasteiger partial charge in [-0.2, -0.15) is 0 Å². The first-order valence-corrected chi connectivity index (χ1v) is 13.3. The standard InChI is InChI=1S/C27H30ClN3O2S/c1-4-34(33)24-11-7-19(8-12-24)14-30-27(32)21-13-22-17-31(16-20-5-9-23(28)10-6-20)26(18(2)3)25(22)29-15-21/h5-13,15,18,26H,4,14,16-17H2,1-3H3,(H,30,32). The zero-order chi connectivity index (χ0) is 24.2. The number of hydrogen-bond donors (Lipinski definition) is 1. The third-order valence-electron chi connectivity index (χ3n) is 6.14. The van der Waals surface area contributed by atoms with Crippen LogP contribution in [0.4, 0.5) is 0 Å². The summed E-state index contributed by atoms with van der Waals surface area (Å²) in [6.07, 6.45) is 1.68. The van der Waals surface area contributed by atoms with Crippen LogP contribution in [-0.2, 0) is 30.4 Å². The summed E-state index contributed by atoms with van der Waals surface area (Å²) in [6, 6.07) is 17.7. The predicted molar refractivity (Wildman–Crippen MR) is 137 cm³/mol. The molecule has 2 atom stereocenters. The minimum absolute atomic E-state index is 0.145. The number of amides is 1. The fraction of sp³-hybridized carbons (Fsp3) is 0.333. The number of carbonyl (C=O) groups excluding carboxylic acids is 1. The van der Waals surface area contributed by atoms with E-state index < -0.39 is 10.8 Å². The Kier molecular flexibility index (Phi) is 7.81. The average Bonchev–Trinajstić information content (AvgIpc) is 3.21. The number of nitrogens with one attached hydrogen (secondary N) is 1. The number of carbonyl (C=O) groups is 1. The summed E-state index contributed by atoms with van der Waals surface area (Å²) in [5.74, 6) is 0.843. The summed E-state index contributed by atoms with van der Waals surface area (Å²) in [5, 5.41) is 3.71. The van der Waals surface area contributed by atoms with Crippen LogP contribution in [0.25, 0.3) is 0 Å². The molecule has 1 aromatic heterocycles. The maximum atomic E-state index is 12.8. The van der Waals surface area contributed by atoms with E-state index in [1.165, 1.54) is 5.56 Å². The lowest BCUT2D eigenvalue weighted by Crippen LogP contribution is -2.25. The number of rotatable bonds is 8. The number of hydrogen-bond acceptors (Lipinski definition) is 4. The minimum atomic E-state index is -0.970. The Morgan fingerprint density at radius 1 is 1.15 bits per heavy atom. The number of aromatic nitrogens is 1. The van der Waals surface area contributed by atoms with Crippen LogP contribution >= 0.6 is 11.6 Å². The van der Waals surface area contributed by atoms with Crippen LogP contribution in [-0.4, -0.2) is 25.8 Å². The van der Waals surface area contributed by atoms with Gasteiger partial charge < -0.3 is 5.32 Å². The molecule has 1 aliphatic rings. The van der Waals surface area contributed by atoms with Crippen molar-refractivity contribution in [2.75, 3.05) is 5.75 Å². The average molecular weight is 496 g/mol. The maximum absolute atomic E-state index is 12.8. The normalized spacial score (nSPS) is 16.4. The van der Waals surface area contributed by atoms with Gasteiger partial charge in [0.05, 0.1) is 28.1 Å². The van der Waals surface area contributed by atoms with E-state index in [9.17, 15) is 9.00 Å². The number of benzene rings is 2. The molecule has 34 heavy (non-hydrogen) atoms. The lowest BCUT2D eigenvalue weighted by Gasteiger charge is -2.27. The lowest BCUT2D eigenvalue weighted by atomic mass is 9.99. The lowest BCUT2D eigenvalue weighted by molar-refractivity contribution is 0.0950. The quantitative estimate of drug-likeness (QED) is 0.448. The molecular formula is C27H30ClN3O2S. The van der Waals surface area contributed by atoms with Gasteiger partial charge in [0.2, 0.25) is 0 Å². The van der Waals surface area contributed by atoms with Crippen LogP contribution in [0.3, 0.4) is 0 Å². The first-order chi connectivity index (χ1) is 16.4. The fourth-order valence-electron chi connectivity index (χ4n) is 4.45. The van der Waals surface area contributed by atoms with Gasteiger partial charge in [-0.25, -0.2) is 0 Å². The van der Waals surface area contributed by atoms with Crippen molar-refractivity contribution in [1.29, 1.82) is 0 Å². The zero-order valence-corrected chi connectivity index (χ0v) is 21.3. The van der Waals surface area contributed by atoms with Crippen LogP contribution < -0.4 is 5.32 Å². The van der Waals surface area contributed by atoms with Crippen molar-refractivity contribution in [3.05, 3.63) is 93.8 Å². The molecule has 0 radical (unpaired) electrons. The molecule has 0 bridgehead atoms. The maximum Gasteiger partial charge on any atom is 0.253 e. The summed E-state index contributed by atoms with van der Waals surface area (Å²) in [4.78, 5) is 20.8. The van der Waals surface area contributed by atoms with Gasteiger partial charge in [-0.3, -0.25) is 18.9 Å². The molecule has 0 aliphatic carbocycles. The van der Waals surface area contributed by atoms with Crippen LogP contribution in [0.1, 0.15) is 59.6 Å². The Bertz CT molecular complexity index is 1180. The highest BCUT2D eigenvalue weighted by molar-refractivity contribution is 7.85. The minimum Gasteiger partial charge on any atom is -0.348 e. The van der Waals surface area contributed by atoms with E-state index in [4.69, 9.17) is 16.6 Å². The van der Waals surface area contributed by atoms with Crippen molar-refractivity contribution >= 4 is 28.3 Å². The topological polar surface area (TPSA) is 62.3 Å². The molecule has 1 amide bonds. The molecule has 0 saturated carbocycles. The van der Waals surface area contributed by atoms with Crippen molar-refractivity contribution < 1.29 is 9.00 Å². The molecule has 0 fully saturated rings. The van der Waals surface area contributed by atoms with E-state index in [0.29, 0.717) is 23.8 Å². The molecule has 3 aromatic rings. The number of halogens is 1. The number of fused-ring (bicyclic) bond motifs is 1. The van der Waals surface area contributed by atoms with E-state index in [2.05, 4.69) is 36.2 Å². The zero-order valence-electron chi connectivity index (χ0n) is 19.8. The summed E-state index contributed by atoms with van der Waals surface area (Å²) in [7, 11) is -0.970. The second kappa shape index (κ2) is 10.8. The molecule has 4 rings (SSSR count). The van der Waals surface area contributed by atoms with Crippen LogP contribution in [0.2, 0.25) is 5.02 Å². The van der Waals surface area contributed by atoms with Crippen LogP contribution in [0.5, 0.6) is 0 Å². The van der Waals surface area contributed by atoms with Gasteiger partial charge in [-0.15, -0.1) is 0 Å². The molecule has 1 N–H and O–H groups in total. The Labute approximate surface area is 209 Å². The molecule has 2 heterocycles. The second-order valence-corrected chi connectivity index (χ2v) is 11.1. The van der Waals surface area contributed by atoms with E-state index in [1.807, 2.05) is 49.4 Å². The predicted octanol–water partition coefficient (Wildman–Crippen LogP) is 5.51. The van der Waals surface area contributed by atoms with Gasteiger partial charge in [-0.05, 0) is 52.9 Å². The third kappa shape index (κ3) is 5.57. The van der Waals surface area contributed by atoms with Crippen LogP contribution in [0, 0.1) is 5.92 Å². The molecule has 0 saturated heterocycles. The Morgan fingerprint density at radius 2 is 1.82 bits per heavy atom. The van der Waals surface area contributed by atoms with Crippen molar-refractivity contribution in [3.8, 4) is 0 Å². The second-order valence-electron chi connectivity index (χ2n) is 8.95. The van der Waals surface area contributed by atoms with Crippen molar-refractivity contribution in [2.24, 2.45) is 5.92 Å². The van der Waals surface area contributed by atoms with E-state index in [-0.39, 0.29) is 11.9 Å².